The van der Waals surface area contributed by atoms with Gasteiger partial charge in [-0.3, -0.25) is 0 Å². The van der Waals surface area contributed by atoms with Crippen LogP contribution in [0.2, 0.25) is 0 Å². The Morgan fingerprint density at radius 3 is 1.85 bits per heavy atom. The second-order valence-corrected chi connectivity index (χ2v) is 11.8. The quantitative estimate of drug-likeness (QED) is 0.348. The number of halogens is 1. The van der Waals surface area contributed by atoms with Crippen LogP contribution in [0.15, 0.2) is 60.2 Å². The molecule has 3 heteroatoms. The largest absolute Gasteiger partial charge is 0.457 e. The predicted molar refractivity (Wildman–Crippen MR) is 135 cm³/mol. The molecule has 1 saturated carbocycles. The maximum absolute atomic E-state index is 13.7. The molecule has 3 rings (SSSR count). The first-order valence-electron chi connectivity index (χ1n) is 11.7. The number of carbonyl (C=O) groups excluding carboxylic acids is 1. The number of allylic oxidation sites excluding steroid dienone is 1. The van der Waals surface area contributed by atoms with Gasteiger partial charge in [0.05, 0.1) is 0 Å². The minimum absolute atomic E-state index is 0.207. The molecule has 0 aliphatic heterocycles. The van der Waals surface area contributed by atoms with E-state index in [9.17, 15) is 9.18 Å². The van der Waals surface area contributed by atoms with Gasteiger partial charge in [0.2, 0.25) is 0 Å². The van der Waals surface area contributed by atoms with Crippen molar-refractivity contribution in [3.8, 4) is 0 Å². The molecule has 1 fully saturated rings. The van der Waals surface area contributed by atoms with Crippen molar-refractivity contribution in [1.29, 1.82) is 0 Å². The molecule has 0 saturated heterocycles. The maximum Gasteiger partial charge on any atom is 0.331 e. The van der Waals surface area contributed by atoms with Crippen LogP contribution in [0.25, 0.3) is 11.6 Å². The Morgan fingerprint density at radius 1 is 0.879 bits per heavy atom. The molecule has 0 aromatic heterocycles. The molecule has 0 amide bonds. The van der Waals surface area contributed by atoms with Crippen molar-refractivity contribution in [3.63, 3.8) is 0 Å². The lowest BCUT2D eigenvalue weighted by molar-refractivity contribution is -0.148. The molecule has 0 N–H and O–H groups in total. The highest BCUT2D eigenvalue weighted by Crippen LogP contribution is 2.50. The standard InChI is InChI=1S/C30H37FO2/c1-28(2,3)33-26(32)17-10-21-8-11-22(12-9-21)27(23-13-15-25(31)16-14-23)24-18-29(4,5)20-30(6,7)19-24/h8-17H,18-20H2,1-7H3/b17-10+. The molecule has 1 aliphatic rings. The van der Waals surface area contributed by atoms with Gasteiger partial charge >= 0.3 is 5.97 Å². The molecule has 0 spiro atoms. The Hall–Kier alpha value is -2.68. The topological polar surface area (TPSA) is 26.3 Å². The van der Waals surface area contributed by atoms with Crippen molar-refractivity contribution < 1.29 is 13.9 Å². The normalized spacial score (nSPS) is 17.8. The number of carbonyl (C=O) groups is 1. The van der Waals surface area contributed by atoms with E-state index in [4.69, 9.17) is 4.74 Å². The van der Waals surface area contributed by atoms with E-state index in [1.165, 1.54) is 35.8 Å². The first-order valence-corrected chi connectivity index (χ1v) is 11.7. The Labute approximate surface area is 198 Å². The first-order chi connectivity index (χ1) is 15.2. The highest BCUT2D eigenvalue weighted by Gasteiger charge is 2.37. The average Bonchev–Trinajstić information content (AvgIpc) is 2.65. The number of benzene rings is 2. The van der Waals surface area contributed by atoms with E-state index in [0.29, 0.717) is 0 Å². The lowest BCUT2D eigenvalue weighted by Crippen LogP contribution is -2.30. The summed E-state index contributed by atoms with van der Waals surface area (Å²) in [4.78, 5) is 12.0. The molecule has 0 heterocycles. The second kappa shape index (κ2) is 9.29. The predicted octanol–water partition coefficient (Wildman–Crippen LogP) is 8.22. The zero-order valence-corrected chi connectivity index (χ0v) is 21.1. The number of esters is 1. The lowest BCUT2D eigenvalue weighted by Gasteiger charge is -2.43. The van der Waals surface area contributed by atoms with Gasteiger partial charge < -0.3 is 4.74 Å². The first kappa shape index (κ1) is 25.0. The molecule has 2 nitrogen and oxygen atoms in total. The lowest BCUT2D eigenvalue weighted by atomic mass is 9.62. The minimum Gasteiger partial charge on any atom is -0.457 e. The third kappa shape index (κ3) is 7.15. The van der Waals surface area contributed by atoms with Gasteiger partial charge in [-0.25, -0.2) is 9.18 Å². The zero-order valence-electron chi connectivity index (χ0n) is 21.1. The van der Waals surface area contributed by atoms with E-state index in [1.807, 2.05) is 45.0 Å². The summed E-state index contributed by atoms with van der Waals surface area (Å²) in [5.41, 5.74) is 5.59. The smallest absolute Gasteiger partial charge is 0.331 e. The molecule has 0 unspecified atom stereocenters. The highest BCUT2D eigenvalue weighted by molar-refractivity contribution is 5.88. The van der Waals surface area contributed by atoms with Gasteiger partial charge in [-0.15, -0.1) is 0 Å². The third-order valence-corrected chi connectivity index (χ3v) is 5.85. The van der Waals surface area contributed by atoms with Crippen LogP contribution in [0.4, 0.5) is 4.39 Å². The molecule has 1 aliphatic carbocycles. The molecular formula is C30H37FO2. The van der Waals surface area contributed by atoms with Crippen LogP contribution in [-0.4, -0.2) is 11.6 Å². The van der Waals surface area contributed by atoms with E-state index in [-0.39, 0.29) is 22.6 Å². The third-order valence-electron chi connectivity index (χ3n) is 5.85. The molecule has 33 heavy (non-hydrogen) atoms. The number of rotatable bonds is 4. The van der Waals surface area contributed by atoms with Crippen molar-refractivity contribution in [2.75, 3.05) is 0 Å². The Balaban J connectivity index is 1.99. The molecule has 0 bridgehead atoms. The fourth-order valence-electron chi connectivity index (χ4n) is 5.27. The maximum atomic E-state index is 13.7. The Kier molecular flexibility index (Phi) is 7.02. The fourth-order valence-corrected chi connectivity index (χ4v) is 5.27. The minimum atomic E-state index is -0.511. The van der Waals surface area contributed by atoms with Crippen molar-refractivity contribution in [1.82, 2.24) is 0 Å². The molecular weight excluding hydrogens is 411 g/mol. The van der Waals surface area contributed by atoms with Crippen molar-refractivity contribution >= 4 is 17.6 Å². The van der Waals surface area contributed by atoms with Gasteiger partial charge in [0, 0.05) is 6.08 Å². The summed E-state index contributed by atoms with van der Waals surface area (Å²) < 4.78 is 19.0. The molecule has 0 atom stereocenters. The summed E-state index contributed by atoms with van der Waals surface area (Å²) in [6.07, 6.45) is 6.45. The number of hydrogen-bond donors (Lipinski definition) is 0. The zero-order chi connectivity index (χ0) is 24.4. The summed E-state index contributed by atoms with van der Waals surface area (Å²) in [5.74, 6) is -0.581. The van der Waals surface area contributed by atoms with Crippen molar-refractivity contribution in [2.24, 2.45) is 10.8 Å². The van der Waals surface area contributed by atoms with Crippen LogP contribution < -0.4 is 0 Å². The fraction of sp³-hybridized carbons (Fsp3) is 0.433. The number of hydrogen-bond acceptors (Lipinski definition) is 2. The van der Waals surface area contributed by atoms with E-state index >= 15 is 0 Å². The number of ether oxygens (including phenoxy) is 1. The van der Waals surface area contributed by atoms with Gasteiger partial charge in [-0.2, -0.15) is 0 Å². The Bertz CT molecular complexity index is 1030. The summed E-state index contributed by atoms with van der Waals surface area (Å²) >= 11 is 0. The molecule has 2 aromatic rings. The van der Waals surface area contributed by atoms with Gasteiger partial charge in [0.1, 0.15) is 11.4 Å². The van der Waals surface area contributed by atoms with Gasteiger partial charge in [0.15, 0.2) is 0 Å². The molecule has 0 radical (unpaired) electrons. The van der Waals surface area contributed by atoms with Crippen LogP contribution in [0.1, 0.15) is 84.4 Å². The summed E-state index contributed by atoms with van der Waals surface area (Å²) in [6.45, 7) is 14.9. The molecule has 176 valence electrons. The summed E-state index contributed by atoms with van der Waals surface area (Å²) in [7, 11) is 0. The van der Waals surface area contributed by atoms with Crippen LogP contribution >= 0.6 is 0 Å². The van der Waals surface area contributed by atoms with E-state index < -0.39 is 5.60 Å². The summed E-state index contributed by atoms with van der Waals surface area (Å²) in [6, 6.07) is 15.0. The van der Waals surface area contributed by atoms with Gasteiger partial charge in [-0.05, 0) is 91.3 Å². The van der Waals surface area contributed by atoms with Gasteiger partial charge in [0.25, 0.3) is 0 Å². The van der Waals surface area contributed by atoms with E-state index in [1.54, 1.807) is 6.08 Å². The van der Waals surface area contributed by atoms with Crippen molar-refractivity contribution in [2.45, 2.75) is 73.3 Å². The molecule has 2 aromatic carbocycles. The van der Waals surface area contributed by atoms with E-state index in [2.05, 4.69) is 39.8 Å². The monoisotopic (exact) mass is 448 g/mol. The van der Waals surface area contributed by atoms with Crippen LogP contribution in [0.3, 0.4) is 0 Å². The van der Waals surface area contributed by atoms with Crippen LogP contribution in [0.5, 0.6) is 0 Å². The second-order valence-electron chi connectivity index (χ2n) is 11.8. The van der Waals surface area contributed by atoms with Crippen LogP contribution in [-0.2, 0) is 9.53 Å². The highest BCUT2D eigenvalue weighted by atomic mass is 19.1. The average molecular weight is 449 g/mol. The van der Waals surface area contributed by atoms with E-state index in [0.717, 1.165) is 29.5 Å². The van der Waals surface area contributed by atoms with Crippen LogP contribution in [0, 0.1) is 16.6 Å². The SMILES string of the molecule is CC1(C)CC(=C(c2ccc(F)cc2)c2ccc(/C=C/C(=O)OC(C)(C)C)cc2)CC(C)(C)C1. The summed E-state index contributed by atoms with van der Waals surface area (Å²) in [5, 5.41) is 0. The van der Waals surface area contributed by atoms with Crippen molar-refractivity contribution in [3.05, 3.63) is 82.7 Å². The van der Waals surface area contributed by atoms with Gasteiger partial charge in [-0.1, -0.05) is 69.7 Å². The Morgan fingerprint density at radius 2 is 1.36 bits per heavy atom.